The van der Waals surface area contributed by atoms with Crippen molar-refractivity contribution >= 4 is 21.6 Å². The van der Waals surface area contributed by atoms with Gasteiger partial charge in [0.15, 0.2) is 11.6 Å². The molecule has 0 bridgehead atoms. The van der Waals surface area contributed by atoms with Crippen LogP contribution in [-0.4, -0.2) is 21.3 Å². The van der Waals surface area contributed by atoms with E-state index in [-0.39, 0.29) is 16.5 Å². The van der Waals surface area contributed by atoms with Crippen LogP contribution in [0.3, 0.4) is 0 Å². The molecule has 0 spiro atoms. The first-order valence-corrected chi connectivity index (χ1v) is 7.45. The monoisotopic (exact) mass is 307 g/mol. The Bertz CT molecular complexity index is 574. The third-order valence-electron chi connectivity index (χ3n) is 2.38. The summed E-state index contributed by atoms with van der Waals surface area (Å²) in [5, 5.41) is 0.0244. The number of hydrogen-bond acceptors (Lipinski definition) is 3. The van der Waals surface area contributed by atoms with Gasteiger partial charge >= 0.3 is 0 Å². The van der Waals surface area contributed by atoms with Crippen molar-refractivity contribution in [3.05, 3.63) is 41.2 Å². The normalized spacial score (nSPS) is 13.1. The van der Waals surface area contributed by atoms with E-state index in [1.807, 2.05) is 0 Å². The molecule has 0 amide bonds. The maximum Gasteiger partial charge on any atom is 0.217 e. The first kappa shape index (κ1) is 15.9. The molecular formula is C12H15ClFNO3S. The van der Waals surface area contributed by atoms with Crippen molar-refractivity contribution < 1.29 is 17.5 Å². The van der Waals surface area contributed by atoms with E-state index in [1.165, 1.54) is 25.3 Å². The zero-order valence-corrected chi connectivity index (χ0v) is 12.2. The minimum absolute atomic E-state index is 0.0244. The highest BCUT2D eigenvalue weighted by Gasteiger charge is 2.17. The van der Waals surface area contributed by atoms with Crippen LogP contribution in [0.25, 0.3) is 0 Å². The number of nitrogens with one attached hydrogen (secondary N) is 1. The minimum Gasteiger partial charge on any atom is -0.494 e. The molecule has 0 saturated carbocycles. The van der Waals surface area contributed by atoms with Gasteiger partial charge < -0.3 is 4.74 Å². The molecule has 0 aliphatic heterocycles. The lowest BCUT2D eigenvalue weighted by Gasteiger charge is -2.15. The molecule has 19 heavy (non-hydrogen) atoms. The van der Waals surface area contributed by atoms with Gasteiger partial charge in [0.2, 0.25) is 10.0 Å². The second kappa shape index (κ2) is 6.36. The maximum atomic E-state index is 13.3. The van der Waals surface area contributed by atoms with E-state index >= 15 is 0 Å². The molecule has 0 aromatic heterocycles. The molecule has 0 heterocycles. The van der Waals surface area contributed by atoms with Gasteiger partial charge in [-0.2, -0.15) is 0 Å². The molecule has 1 aromatic rings. The minimum atomic E-state index is -3.57. The van der Waals surface area contributed by atoms with Crippen LogP contribution < -0.4 is 9.46 Å². The zero-order valence-electron chi connectivity index (χ0n) is 10.6. The van der Waals surface area contributed by atoms with E-state index in [9.17, 15) is 12.8 Å². The molecule has 0 radical (unpaired) electrons. The summed E-state index contributed by atoms with van der Waals surface area (Å²) in [6, 6.07) is 3.62. The quantitative estimate of drug-likeness (QED) is 0.879. The maximum absolute atomic E-state index is 13.3. The topological polar surface area (TPSA) is 55.4 Å². The first-order valence-electron chi connectivity index (χ1n) is 5.42. The van der Waals surface area contributed by atoms with Gasteiger partial charge in [0.05, 0.1) is 12.9 Å². The SMILES string of the molecule is C=C(Cl)CS(=O)(=O)N[C@H](C)c1ccc(F)c(OC)c1. The Labute approximate surface area is 117 Å². The van der Waals surface area contributed by atoms with E-state index in [4.69, 9.17) is 16.3 Å². The van der Waals surface area contributed by atoms with E-state index in [0.29, 0.717) is 5.56 Å². The summed E-state index contributed by atoms with van der Waals surface area (Å²) < 4.78 is 43.9. The molecule has 0 fully saturated rings. The fourth-order valence-corrected chi connectivity index (χ4v) is 3.13. The number of methoxy groups -OCH3 is 1. The fourth-order valence-electron chi connectivity index (χ4n) is 1.53. The zero-order chi connectivity index (χ0) is 14.6. The lowest BCUT2D eigenvalue weighted by atomic mass is 10.1. The predicted octanol–water partition coefficient (Wildman–Crippen LogP) is 2.57. The van der Waals surface area contributed by atoms with Crippen molar-refractivity contribution in [3.63, 3.8) is 0 Å². The van der Waals surface area contributed by atoms with Crippen molar-refractivity contribution in [1.82, 2.24) is 4.72 Å². The van der Waals surface area contributed by atoms with Crippen LogP contribution in [0, 0.1) is 5.82 Å². The average molecular weight is 308 g/mol. The molecule has 7 heteroatoms. The summed E-state index contributed by atoms with van der Waals surface area (Å²) in [6.07, 6.45) is 0. The van der Waals surface area contributed by atoms with Gasteiger partial charge in [-0.25, -0.2) is 17.5 Å². The first-order chi connectivity index (χ1) is 8.75. The molecule has 1 rings (SSSR count). The van der Waals surface area contributed by atoms with Crippen LogP contribution in [0.4, 0.5) is 4.39 Å². The van der Waals surface area contributed by atoms with Gasteiger partial charge in [0.25, 0.3) is 0 Å². The molecule has 1 atom stereocenters. The number of halogens is 2. The van der Waals surface area contributed by atoms with Gasteiger partial charge in [-0.1, -0.05) is 24.2 Å². The van der Waals surface area contributed by atoms with Crippen LogP contribution in [-0.2, 0) is 10.0 Å². The Balaban J connectivity index is 2.89. The van der Waals surface area contributed by atoms with Crippen LogP contribution in [0.5, 0.6) is 5.75 Å². The summed E-state index contributed by atoms with van der Waals surface area (Å²) in [5.41, 5.74) is 0.585. The van der Waals surface area contributed by atoms with E-state index < -0.39 is 21.9 Å². The summed E-state index contributed by atoms with van der Waals surface area (Å²) in [4.78, 5) is 0. The van der Waals surface area contributed by atoms with Crippen molar-refractivity contribution in [2.24, 2.45) is 0 Å². The molecule has 0 aliphatic carbocycles. The molecule has 106 valence electrons. The Kier molecular flexibility index (Phi) is 5.34. The predicted molar refractivity (Wildman–Crippen MR) is 73.3 cm³/mol. The lowest BCUT2D eigenvalue weighted by Crippen LogP contribution is -2.29. The summed E-state index contributed by atoms with van der Waals surface area (Å²) in [5.74, 6) is -0.808. The van der Waals surface area contributed by atoms with E-state index in [1.54, 1.807) is 6.92 Å². The molecule has 0 unspecified atom stereocenters. The number of ether oxygens (including phenoxy) is 1. The summed E-state index contributed by atoms with van der Waals surface area (Å²) in [6.45, 7) is 4.98. The standard InChI is InChI=1S/C12H15ClFNO3S/c1-8(13)7-19(16,17)15-9(2)10-4-5-11(14)12(6-10)18-3/h4-6,9,15H,1,7H2,2-3H3/t9-/m1/s1. The van der Waals surface area contributed by atoms with E-state index in [0.717, 1.165) is 0 Å². The largest absolute Gasteiger partial charge is 0.494 e. The smallest absolute Gasteiger partial charge is 0.217 e. The van der Waals surface area contributed by atoms with Crippen LogP contribution in [0.2, 0.25) is 0 Å². The molecule has 4 nitrogen and oxygen atoms in total. The Morgan fingerprint density at radius 1 is 1.58 bits per heavy atom. The van der Waals surface area contributed by atoms with Crippen molar-refractivity contribution in [1.29, 1.82) is 0 Å². The Morgan fingerprint density at radius 3 is 2.74 bits per heavy atom. The highest BCUT2D eigenvalue weighted by Crippen LogP contribution is 2.23. The van der Waals surface area contributed by atoms with Gasteiger partial charge in [-0.15, -0.1) is 0 Å². The highest BCUT2D eigenvalue weighted by molar-refractivity contribution is 7.89. The van der Waals surface area contributed by atoms with Crippen LogP contribution in [0.15, 0.2) is 29.8 Å². The number of hydrogen-bond donors (Lipinski definition) is 1. The van der Waals surface area contributed by atoms with E-state index in [2.05, 4.69) is 11.3 Å². The molecule has 1 aromatic carbocycles. The number of rotatable bonds is 6. The van der Waals surface area contributed by atoms with Gasteiger partial charge in [-0.3, -0.25) is 0 Å². The van der Waals surface area contributed by atoms with Gasteiger partial charge in [-0.05, 0) is 24.6 Å². The second-order valence-electron chi connectivity index (χ2n) is 4.01. The highest BCUT2D eigenvalue weighted by atomic mass is 35.5. The molecule has 1 N–H and O–H groups in total. The molecular weight excluding hydrogens is 293 g/mol. The number of benzene rings is 1. The lowest BCUT2D eigenvalue weighted by molar-refractivity contribution is 0.385. The Morgan fingerprint density at radius 2 is 2.21 bits per heavy atom. The molecule has 0 aliphatic rings. The van der Waals surface area contributed by atoms with Crippen LogP contribution in [0.1, 0.15) is 18.5 Å². The van der Waals surface area contributed by atoms with Crippen molar-refractivity contribution in [2.45, 2.75) is 13.0 Å². The third kappa shape index (κ3) is 4.81. The molecule has 0 saturated heterocycles. The number of sulfonamides is 1. The summed E-state index contributed by atoms with van der Waals surface area (Å²) >= 11 is 5.48. The second-order valence-corrected chi connectivity index (χ2v) is 6.30. The average Bonchev–Trinajstić information content (AvgIpc) is 2.26. The third-order valence-corrected chi connectivity index (χ3v) is 4.11. The van der Waals surface area contributed by atoms with Gasteiger partial charge in [0, 0.05) is 11.1 Å². The van der Waals surface area contributed by atoms with Crippen molar-refractivity contribution in [3.8, 4) is 5.75 Å². The van der Waals surface area contributed by atoms with Gasteiger partial charge in [0.1, 0.15) is 0 Å². The Hall–Kier alpha value is -1.11. The fraction of sp³-hybridized carbons (Fsp3) is 0.333. The van der Waals surface area contributed by atoms with Crippen molar-refractivity contribution in [2.75, 3.05) is 12.9 Å². The van der Waals surface area contributed by atoms with Crippen LogP contribution >= 0.6 is 11.6 Å². The summed E-state index contributed by atoms with van der Waals surface area (Å²) in [7, 11) is -2.23.